The summed E-state index contributed by atoms with van der Waals surface area (Å²) in [6.07, 6.45) is -9.92. The summed E-state index contributed by atoms with van der Waals surface area (Å²) >= 11 is 0. The van der Waals surface area contributed by atoms with Gasteiger partial charge in [-0.05, 0) is 71.7 Å². The number of alkyl carbamates (subject to hydrolysis) is 1. The molecule has 0 spiro atoms. The molecule has 5 rings (SSSR count). The van der Waals surface area contributed by atoms with Crippen LogP contribution in [0.25, 0.3) is 0 Å². The fourth-order valence-electron chi connectivity index (χ4n) is 9.15. The molecular weight excluding hydrogens is 730 g/mol. The van der Waals surface area contributed by atoms with Crippen molar-refractivity contribution in [2.45, 2.75) is 142 Å². The van der Waals surface area contributed by atoms with Gasteiger partial charge in [-0.25, -0.2) is 14.4 Å². The molecule has 4 aliphatic rings. The lowest BCUT2D eigenvalue weighted by atomic mass is 9.44. The number of hydrogen-bond donors (Lipinski definition) is 5. The number of carbonyl (C=O) groups is 5. The zero-order valence-electron chi connectivity index (χ0n) is 33.6. The van der Waals surface area contributed by atoms with E-state index in [4.69, 9.17) is 23.7 Å². The van der Waals surface area contributed by atoms with Crippen molar-refractivity contribution in [1.29, 1.82) is 0 Å². The number of allylic oxidation sites excluding steroid dienone is 1. The molecule has 1 aromatic carbocycles. The van der Waals surface area contributed by atoms with E-state index < -0.39 is 112 Å². The molecule has 3 fully saturated rings. The van der Waals surface area contributed by atoms with Gasteiger partial charge in [0.15, 0.2) is 17.5 Å². The van der Waals surface area contributed by atoms with E-state index in [0.29, 0.717) is 5.57 Å². The fraction of sp³-hybridized carbons (Fsp3) is 0.634. The van der Waals surface area contributed by atoms with E-state index >= 15 is 0 Å². The van der Waals surface area contributed by atoms with Crippen molar-refractivity contribution in [2.24, 2.45) is 16.7 Å². The molecule has 15 heteroatoms. The van der Waals surface area contributed by atoms with Crippen molar-refractivity contribution in [2.75, 3.05) is 6.61 Å². The average Bonchev–Trinajstić information content (AvgIpc) is 3.08. The number of benzene rings is 1. The molecule has 308 valence electrons. The molecule has 2 bridgehead atoms. The van der Waals surface area contributed by atoms with E-state index in [2.05, 4.69) is 5.32 Å². The highest BCUT2D eigenvalue weighted by atomic mass is 16.6. The van der Waals surface area contributed by atoms with Crippen molar-refractivity contribution in [3.05, 3.63) is 58.7 Å². The van der Waals surface area contributed by atoms with Gasteiger partial charge in [0.05, 0.1) is 35.6 Å². The maximum absolute atomic E-state index is 14.9. The standard InChI is InChI=1S/C41H55NO14/c1-20(2)16-24(42-36(50)56-37(5,6)7)29(45)35(49)53-25-18-41(51)33(54-34(48)23-14-12-11-13-15-23)31-39(10,32(47)30(46)28(21(25)3)38(41,8)9)26(44)17-27-40(31,19-52-27)55-22(4)43/h11-16,24-27,29-31,33,44-46,51H,17-19H2,1-10H3,(H,42,50)/t24-,25+,26+,27?,29-,30-,31+,33+,39-,40+,41-/m1/s1. The van der Waals surface area contributed by atoms with Gasteiger partial charge < -0.3 is 49.4 Å². The summed E-state index contributed by atoms with van der Waals surface area (Å²) in [6, 6.07) is 6.53. The number of rotatable bonds is 8. The average molecular weight is 786 g/mol. The van der Waals surface area contributed by atoms with Crippen molar-refractivity contribution in [1.82, 2.24) is 5.32 Å². The molecule has 1 aliphatic heterocycles. The van der Waals surface area contributed by atoms with E-state index in [1.807, 2.05) is 0 Å². The van der Waals surface area contributed by atoms with Crippen molar-refractivity contribution in [3.63, 3.8) is 0 Å². The number of fused-ring (bicyclic) bond motifs is 5. The SMILES string of the molecule is CC(=O)O[C@@]12COC1C[C@H](O)[C@@]1(C)C(=O)[C@H](O)C3=C(C)[C@@H](OC(=O)[C@H](O)[C@@H](C=C(C)C)NC(=O)OC(C)(C)C)C[C@@](O)([C@@H](OC(=O)c4ccccc4)[C@@H]12)C3(C)C. The van der Waals surface area contributed by atoms with Gasteiger partial charge in [-0.15, -0.1) is 0 Å². The molecule has 1 saturated heterocycles. The highest BCUT2D eigenvalue weighted by molar-refractivity contribution is 5.94. The quantitative estimate of drug-likeness (QED) is 0.145. The van der Waals surface area contributed by atoms with Crippen LogP contribution in [0.1, 0.15) is 92.4 Å². The monoisotopic (exact) mass is 785 g/mol. The second-order valence-electron chi connectivity index (χ2n) is 17.5. The van der Waals surface area contributed by atoms with Gasteiger partial charge in [-0.1, -0.05) is 43.7 Å². The van der Waals surface area contributed by atoms with Crippen LogP contribution < -0.4 is 5.32 Å². The third-order valence-corrected chi connectivity index (χ3v) is 12.0. The lowest BCUT2D eigenvalue weighted by molar-refractivity contribution is -0.346. The summed E-state index contributed by atoms with van der Waals surface area (Å²) < 4.78 is 29.3. The third kappa shape index (κ3) is 7.28. The van der Waals surface area contributed by atoms with Crippen molar-refractivity contribution >= 4 is 29.8 Å². The van der Waals surface area contributed by atoms with Crippen LogP contribution in [0.3, 0.4) is 0 Å². The van der Waals surface area contributed by atoms with Gasteiger partial charge in [0.2, 0.25) is 0 Å². The Labute approximate surface area is 326 Å². The third-order valence-electron chi connectivity index (χ3n) is 12.0. The molecule has 56 heavy (non-hydrogen) atoms. The zero-order chi connectivity index (χ0) is 41.9. The summed E-state index contributed by atoms with van der Waals surface area (Å²) in [5.41, 5.74) is -7.75. The Morgan fingerprint density at radius 2 is 1.64 bits per heavy atom. The lowest BCUT2D eigenvalue weighted by Gasteiger charge is -2.67. The molecule has 1 aromatic rings. The van der Waals surface area contributed by atoms with E-state index in [1.165, 1.54) is 32.1 Å². The van der Waals surface area contributed by atoms with Crippen LogP contribution in [0.15, 0.2) is 53.1 Å². The fourth-order valence-corrected chi connectivity index (χ4v) is 9.15. The van der Waals surface area contributed by atoms with Crippen LogP contribution in [0, 0.1) is 16.7 Å². The molecule has 1 amide bonds. The number of aliphatic hydroxyl groups is 4. The number of aliphatic hydroxyl groups excluding tert-OH is 3. The largest absolute Gasteiger partial charge is 0.456 e. The Kier molecular flexibility index (Phi) is 11.5. The molecule has 1 unspecified atom stereocenters. The van der Waals surface area contributed by atoms with Crippen LogP contribution in [-0.2, 0) is 38.1 Å². The number of ether oxygens (including phenoxy) is 5. The van der Waals surface area contributed by atoms with E-state index in [9.17, 15) is 44.4 Å². The number of hydrogen-bond acceptors (Lipinski definition) is 14. The van der Waals surface area contributed by atoms with Gasteiger partial charge in [-0.3, -0.25) is 9.59 Å². The summed E-state index contributed by atoms with van der Waals surface area (Å²) in [7, 11) is 0. The second kappa shape index (κ2) is 15.0. The molecule has 1 heterocycles. The van der Waals surface area contributed by atoms with Gasteiger partial charge in [0.25, 0.3) is 0 Å². The molecular formula is C41H55NO14. The first-order chi connectivity index (χ1) is 25.8. The lowest BCUT2D eigenvalue weighted by Crippen LogP contribution is -2.81. The van der Waals surface area contributed by atoms with E-state index in [0.717, 1.165) is 6.92 Å². The molecule has 0 radical (unpaired) electrons. The second-order valence-corrected chi connectivity index (χ2v) is 17.5. The minimum Gasteiger partial charge on any atom is -0.456 e. The van der Waals surface area contributed by atoms with Crippen LogP contribution in [0.2, 0.25) is 0 Å². The Morgan fingerprint density at radius 3 is 2.18 bits per heavy atom. The molecule has 11 atom stereocenters. The van der Waals surface area contributed by atoms with Crippen molar-refractivity contribution < 1.29 is 68.1 Å². The number of nitrogens with one attached hydrogen (secondary N) is 1. The topological polar surface area (TPSA) is 224 Å². The van der Waals surface area contributed by atoms with Crippen LogP contribution in [-0.4, -0.2) is 116 Å². The zero-order valence-corrected chi connectivity index (χ0v) is 33.6. The first-order valence-corrected chi connectivity index (χ1v) is 18.8. The first kappa shape index (κ1) is 43.0. The van der Waals surface area contributed by atoms with Crippen molar-refractivity contribution in [3.8, 4) is 0 Å². The van der Waals surface area contributed by atoms with Gasteiger partial charge in [-0.2, -0.15) is 0 Å². The van der Waals surface area contributed by atoms with Gasteiger partial charge in [0.1, 0.15) is 35.6 Å². The number of esters is 3. The maximum Gasteiger partial charge on any atom is 0.408 e. The van der Waals surface area contributed by atoms with Gasteiger partial charge >= 0.3 is 24.0 Å². The summed E-state index contributed by atoms with van der Waals surface area (Å²) in [5.74, 6) is -5.33. The molecule has 2 saturated carbocycles. The Balaban J connectivity index is 1.67. The molecule has 3 aliphatic carbocycles. The van der Waals surface area contributed by atoms with E-state index in [1.54, 1.807) is 66.7 Å². The Hall–Kier alpha value is -4.15. The molecule has 5 N–H and O–H groups in total. The number of ketones is 1. The summed E-state index contributed by atoms with van der Waals surface area (Å²) in [4.78, 5) is 68.3. The normalized spacial score (nSPS) is 34.4. The predicted molar refractivity (Wildman–Crippen MR) is 198 cm³/mol. The Bertz CT molecular complexity index is 1810. The van der Waals surface area contributed by atoms with Crippen LogP contribution >= 0.6 is 0 Å². The molecule has 0 aromatic heterocycles. The maximum atomic E-state index is 14.9. The highest BCUT2D eigenvalue weighted by Gasteiger charge is 2.78. The predicted octanol–water partition coefficient (Wildman–Crippen LogP) is 2.85. The number of carbonyl (C=O) groups excluding carboxylic acids is 5. The summed E-state index contributed by atoms with van der Waals surface area (Å²) in [6.45, 7) is 15.2. The summed E-state index contributed by atoms with van der Waals surface area (Å²) in [5, 5.41) is 51.1. The van der Waals surface area contributed by atoms with E-state index in [-0.39, 0.29) is 29.7 Å². The number of Topliss-reactive ketones (excluding diaryl/α,β-unsaturated/α-hetero) is 1. The molecule has 15 nitrogen and oxygen atoms in total. The van der Waals surface area contributed by atoms with Crippen LogP contribution in [0.5, 0.6) is 0 Å². The first-order valence-electron chi connectivity index (χ1n) is 18.8. The minimum atomic E-state index is -2.34. The minimum absolute atomic E-state index is 0.0579. The van der Waals surface area contributed by atoms with Crippen LogP contribution in [0.4, 0.5) is 4.79 Å². The highest BCUT2D eigenvalue weighted by Crippen LogP contribution is 2.64. The Morgan fingerprint density at radius 1 is 1.02 bits per heavy atom. The number of amides is 1. The van der Waals surface area contributed by atoms with Gasteiger partial charge in [0, 0.05) is 25.2 Å². The smallest absolute Gasteiger partial charge is 0.408 e.